The monoisotopic (exact) mass is 1090 g/mol. The van der Waals surface area contributed by atoms with Gasteiger partial charge in [0, 0.05) is 78.9 Å². The van der Waals surface area contributed by atoms with Crippen molar-refractivity contribution >= 4 is 72.3 Å². The topological polar surface area (TPSA) is 235 Å². The first-order chi connectivity index (χ1) is 40.4. The van der Waals surface area contributed by atoms with Gasteiger partial charge in [0.15, 0.2) is 0 Å². The van der Waals surface area contributed by atoms with Gasteiger partial charge in [-0.3, -0.25) is 0 Å². The maximum absolute atomic E-state index is 11.1. The Morgan fingerprint density at radius 3 is 0.560 bits per heavy atom. The molecule has 7 aromatic carbocycles. The third-order valence-electron chi connectivity index (χ3n) is 11.1. The van der Waals surface area contributed by atoms with Crippen LogP contribution in [0.1, 0.15) is 100 Å². The third-order valence-corrected chi connectivity index (χ3v) is 11.1. The van der Waals surface area contributed by atoms with Crippen LogP contribution < -0.4 is 20.4 Å². The predicted molar refractivity (Wildman–Crippen MR) is 310 cm³/mol. The average Bonchev–Trinajstić information content (AvgIpc) is 3.55. The Morgan fingerprint density at radius 2 is 0.393 bits per heavy atom. The largest absolute Gasteiger partial charge is 0.545 e. The van der Waals surface area contributed by atoms with Crippen molar-refractivity contribution in [3.8, 4) is 71.0 Å². The van der Waals surface area contributed by atoms with Crippen molar-refractivity contribution in [2.45, 2.75) is 0 Å². The molecule has 0 unspecified atom stereocenters. The third kappa shape index (κ3) is 20.5. The Morgan fingerprint density at radius 1 is 0.238 bits per heavy atom. The van der Waals surface area contributed by atoms with Crippen LogP contribution in [0.4, 0.5) is 0 Å². The van der Waals surface area contributed by atoms with Gasteiger partial charge in [0.05, 0.1) is 23.9 Å². The van der Waals surface area contributed by atoms with Crippen molar-refractivity contribution in [3.05, 3.63) is 282 Å². The summed E-state index contributed by atoms with van der Waals surface area (Å²) in [4.78, 5) is 66.4. The summed E-state index contributed by atoms with van der Waals surface area (Å²) in [7, 11) is 0. The maximum Gasteiger partial charge on any atom is 0.328 e. The van der Waals surface area contributed by atoms with E-state index in [-0.39, 0.29) is 0 Å². The van der Waals surface area contributed by atoms with Gasteiger partial charge in [-0.15, -0.1) is 0 Å². The molecule has 0 aliphatic heterocycles. The van der Waals surface area contributed by atoms with Crippen molar-refractivity contribution in [2.24, 2.45) is 0 Å². The number of carbonyl (C=O) groups excluding carboxylic acids is 4. The van der Waals surface area contributed by atoms with Crippen molar-refractivity contribution in [2.75, 3.05) is 0 Å². The second-order valence-corrected chi connectivity index (χ2v) is 17.6. The smallest absolute Gasteiger partial charge is 0.328 e. The zero-order chi connectivity index (χ0) is 59.8. The molecule has 0 spiro atoms. The van der Waals surface area contributed by atoms with Crippen LogP contribution in [-0.2, 0) is 28.8 Å². The van der Waals surface area contributed by atoms with Crippen molar-refractivity contribution in [1.82, 2.24) is 0 Å². The van der Waals surface area contributed by atoms with E-state index in [2.05, 4.69) is 71.0 Å². The Balaban J connectivity index is 1.16. The van der Waals surface area contributed by atoms with Crippen molar-refractivity contribution < 1.29 is 59.4 Å². The number of hydrogen-bond donors (Lipinski definition) is 2. The Hall–Kier alpha value is -12.8. The van der Waals surface area contributed by atoms with Crippen LogP contribution in [0.25, 0.3) is 36.5 Å². The van der Waals surface area contributed by atoms with Crippen LogP contribution in [0.5, 0.6) is 0 Å². The number of rotatable bonds is 12. The van der Waals surface area contributed by atoms with Crippen LogP contribution in [0.3, 0.4) is 0 Å². The van der Waals surface area contributed by atoms with Gasteiger partial charge in [-0.25, -0.2) is 9.59 Å². The summed E-state index contributed by atoms with van der Waals surface area (Å²) in [6, 6.07) is 41.8. The number of carbonyl (C=O) groups is 6. The van der Waals surface area contributed by atoms with Gasteiger partial charge in [-0.1, -0.05) is 95.3 Å². The SMILES string of the molecule is O=C([O-])/C=C/c1cc(C#Cc2ccc(C#Cc3cc(C#Cc4ccc(C#Cc5cc(/C=C/C(=O)[O-])cc(/C=C/C(=O)O)c5)cc4)cc(C#Cc4ccc(C#Cc5cc(/C=C/C(=O)[O-])cc(/C=C/C(=O)O)c5)cc4)c3)cc2)cc(/C=C/C(=O)[O-])c1. The number of carboxylic acids is 6. The van der Waals surface area contributed by atoms with E-state index in [1.807, 2.05) is 18.2 Å². The summed E-state index contributed by atoms with van der Waals surface area (Å²) in [5.74, 6) is 29.7. The van der Waals surface area contributed by atoms with E-state index >= 15 is 0 Å². The lowest BCUT2D eigenvalue weighted by Crippen LogP contribution is -2.18. The van der Waals surface area contributed by atoms with Crippen molar-refractivity contribution in [1.29, 1.82) is 0 Å². The Bertz CT molecular complexity index is 3790. The molecule has 402 valence electrons. The minimum absolute atomic E-state index is 0.466. The van der Waals surface area contributed by atoms with E-state index in [1.54, 1.807) is 127 Å². The predicted octanol–water partition coefficient (Wildman–Crippen LogP) is 5.33. The second kappa shape index (κ2) is 29.2. The van der Waals surface area contributed by atoms with E-state index in [0.717, 1.165) is 36.5 Å². The Kier molecular flexibility index (Phi) is 20.5. The lowest BCUT2D eigenvalue weighted by atomic mass is 10.0. The summed E-state index contributed by atoms with van der Waals surface area (Å²) in [6.45, 7) is 0. The van der Waals surface area contributed by atoms with Crippen molar-refractivity contribution in [3.63, 3.8) is 0 Å². The summed E-state index contributed by atoms with van der Waals surface area (Å²) in [5.41, 5.74) is 10.3. The van der Waals surface area contributed by atoms with Gasteiger partial charge in [0.2, 0.25) is 0 Å². The molecule has 7 aromatic rings. The van der Waals surface area contributed by atoms with E-state index in [1.165, 1.54) is 36.5 Å². The maximum atomic E-state index is 11.1. The first-order valence-electron chi connectivity index (χ1n) is 24.8. The van der Waals surface area contributed by atoms with Gasteiger partial charge in [0.1, 0.15) is 0 Å². The van der Waals surface area contributed by atoms with Gasteiger partial charge in [-0.05, 0) is 215 Å². The quantitative estimate of drug-likeness (QED) is 0.117. The molecule has 0 radical (unpaired) electrons. The van der Waals surface area contributed by atoms with E-state index in [4.69, 9.17) is 10.2 Å². The molecule has 0 saturated heterocycles. The number of hydrogen-bond acceptors (Lipinski definition) is 10. The van der Waals surface area contributed by atoms with Gasteiger partial charge < -0.3 is 49.8 Å². The van der Waals surface area contributed by atoms with Gasteiger partial charge in [-0.2, -0.15) is 0 Å². The molecule has 12 nitrogen and oxygen atoms in total. The lowest BCUT2D eigenvalue weighted by molar-refractivity contribution is -0.298. The highest BCUT2D eigenvalue weighted by Gasteiger charge is 2.03. The molecular formula is C72H38O12-4. The fraction of sp³-hybridized carbons (Fsp3) is 0. The fourth-order valence-corrected chi connectivity index (χ4v) is 7.44. The van der Waals surface area contributed by atoms with Crippen LogP contribution in [0.15, 0.2) is 182 Å². The first kappa shape index (κ1) is 58.8. The highest BCUT2D eigenvalue weighted by Crippen LogP contribution is 2.18. The molecule has 84 heavy (non-hydrogen) atoms. The summed E-state index contributed by atoms with van der Waals surface area (Å²) >= 11 is 0. The highest BCUT2D eigenvalue weighted by molar-refractivity contribution is 5.88. The van der Waals surface area contributed by atoms with E-state index in [0.29, 0.717) is 100 Å². The molecular weight excluding hydrogens is 1060 g/mol. The van der Waals surface area contributed by atoms with Crippen LogP contribution in [0.2, 0.25) is 0 Å². The molecule has 2 N–H and O–H groups in total. The Labute approximate surface area is 482 Å². The molecule has 0 heterocycles. The minimum Gasteiger partial charge on any atom is -0.545 e. The number of benzene rings is 7. The van der Waals surface area contributed by atoms with E-state index in [9.17, 15) is 49.2 Å². The number of carboxylic acid groups (broad SMARTS) is 6. The summed E-state index contributed by atoms with van der Waals surface area (Å²) in [5, 5.41) is 62.3. The van der Waals surface area contributed by atoms with E-state index < -0.39 is 35.8 Å². The standard InChI is InChI=1S/C72H42O12/c73-67(74)31-25-61-40-58(41-62(46-61)26-32-68(75)76)22-16-52-7-1-49(2-8-52)13-19-55-37-56(20-14-50-3-9-53(10-4-50)17-23-59-42-63(27-33-69(77)78)47-64(43-59)28-34-70(79)80)39-57(38-55)21-15-51-5-11-54(12-6-51)18-24-60-44-65(29-35-71(81)82)48-66(45-60)30-36-72(83)84/h1-12,25-48H,(H,73,74)(H,75,76)(H,77,78)(H,79,80)(H,81,82)(H,83,84)/p-4/b31-25+,32-26+,33-27+,34-28+,35-29+,36-30+. The summed E-state index contributed by atoms with van der Waals surface area (Å²) < 4.78 is 0. The molecule has 12 heteroatoms. The molecule has 0 aliphatic carbocycles. The molecule has 0 amide bonds. The first-order valence-corrected chi connectivity index (χ1v) is 24.8. The highest BCUT2D eigenvalue weighted by atomic mass is 16.4. The molecule has 7 rings (SSSR count). The van der Waals surface area contributed by atoms with Crippen LogP contribution in [-0.4, -0.2) is 46.0 Å². The molecule has 0 atom stereocenters. The average molecular weight is 1100 g/mol. The molecule has 0 bridgehead atoms. The molecule has 0 fully saturated rings. The minimum atomic E-state index is -1.39. The zero-order valence-corrected chi connectivity index (χ0v) is 43.8. The fourth-order valence-electron chi connectivity index (χ4n) is 7.44. The molecule has 0 saturated carbocycles. The lowest BCUT2D eigenvalue weighted by Gasteiger charge is -2.02. The number of aliphatic carboxylic acids is 6. The molecule has 0 aromatic heterocycles. The normalized spacial score (nSPS) is 10.6. The van der Waals surface area contributed by atoms with Crippen LogP contribution >= 0.6 is 0 Å². The molecule has 0 aliphatic rings. The van der Waals surface area contributed by atoms with Gasteiger partial charge >= 0.3 is 11.9 Å². The zero-order valence-electron chi connectivity index (χ0n) is 43.8. The summed E-state index contributed by atoms with van der Waals surface area (Å²) in [6.07, 6.45) is 13.4. The van der Waals surface area contributed by atoms with Crippen LogP contribution in [0, 0.1) is 71.0 Å². The second-order valence-electron chi connectivity index (χ2n) is 17.6. The van der Waals surface area contributed by atoms with Gasteiger partial charge in [0.25, 0.3) is 0 Å².